The highest BCUT2D eigenvalue weighted by atomic mass is 32.2. The Bertz CT molecular complexity index is 409. The molecule has 0 aromatic rings. The minimum atomic E-state index is -4.33. The van der Waals surface area contributed by atoms with E-state index < -0.39 is 21.3 Å². The van der Waals surface area contributed by atoms with Crippen LogP contribution in [0.25, 0.3) is 0 Å². The second kappa shape index (κ2) is 2.83. The molecule has 0 aromatic heterocycles. The maximum Gasteiger partial charge on any atom is 0.140 e. The van der Waals surface area contributed by atoms with Crippen molar-refractivity contribution < 1.29 is 17.8 Å². The van der Waals surface area contributed by atoms with E-state index in [1.165, 1.54) is 0 Å². The summed E-state index contributed by atoms with van der Waals surface area (Å²) in [5.41, 5.74) is -1.22. The van der Waals surface area contributed by atoms with Gasteiger partial charge in [0.05, 0.1) is 15.9 Å². The molecule has 1 unspecified atom stereocenters. The molecule has 0 amide bonds. The Kier molecular flexibility index (Phi) is 2.09. The monoisotopic (exact) mass is 231 g/mol. The molecule has 4 nitrogen and oxygen atoms in total. The van der Waals surface area contributed by atoms with E-state index in [-0.39, 0.29) is 17.1 Å². The maximum atomic E-state index is 11.8. The van der Waals surface area contributed by atoms with Crippen LogP contribution in [-0.4, -0.2) is 24.5 Å². The Morgan fingerprint density at radius 3 is 2.40 bits per heavy atom. The third-order valence-electron chi connectivity index (χ3n) is 4.56. The van der Waals surface area contributed by atoms with Crippen molar-refractivity contribution >= 4 is 15.9 Å². The molecule has 2 bridgehead atoms. The number of carbonyl (C=O) groups is 1. The summed E-state index contributed by atoms with van der Waals surface area (Å²) in [5, 5.41) is 0. The third-order valence-corrected chi connectivity index (χ3v) is 5.41. The molecule has 15 heavy (non-hydrogen) atoms. The van der Waals surface area contributed by atoms with Crippen molar-refractivity contribution in [1.29, 1.82) is 0 Å². The van der Waals surface area contributed by atoms with Gasteiger partial charge in [-0.15, -0.1) is 0 Å². The number of fused-ring (bicyclic) bond motifs is 2. The molecule has 2 atom stereocenters. The second-order valence-corrected chi connectivity index (χ2v) is 6.77. The molecule has 0 saturated heterocycles. The van der Waals surface area contributed by atoms with Crippen molar-refractivity contribution in [2.24, 2.45) is 16.7 Å². The molecular weight excluding hydrogens is 216 g/mol. The molecule has 2 aliphatic carbocycles. The Labute approximate surface area is 89.8 Å². The highest BCUT2D eigenvalue weighted by molar-refractivity contribution is 7.85. The first-order valence-corrected chi connectivity index (χ1v) is 6.74. The molecular formula is C10H15O4S-. The first kappa shape index (κ1) is 11.1. The topological polar surface area (TPSA) is 74.3 Å². The van der Waals surface area contributed by atoms with Crippen LogP contribution in [0.4, 0.5) is 0 Å². The van der Waals surface area contributed by atoms with E-state index in [0.29, 0.717) is 12.8 Å². The first-order valence-electron chi connectivity index (χ1n) is 5.16. The standard InChI is InChI=1S/C10H16O4S/c1-9(2)7-3-4-10(9,8(11)5-7)6-15(12,13)14/h7H,3-6H2,1-2H3,(H,12,13,14)/p-1/t7-,10?/m0/s1. The minimum Gasteiger partial charge on any atom is -0.748 e. The van der Waals surface area contributed by atoms with Gasteiger partial charge in [0.2, 0.25) is 0 Å². The number of ketones is 1. The number of rotatable bonds is 2. The zero-order valence-electron chi connectivity index (χ0n) is 8.95. The van der Waals surface area contributed by atoms with Gasteiger partial charge < -0.3 is 4.55 Å². The van der Waals surface area contributed by atoms with Gasteiger partial charge in [-0.25, -0.2) is 8.42 Å². The molecule has 2 aliphatic rings. The summed E-state index contributed by atoms with van der Waals surface area (Å²) in [4.78, 5) is 11.8. The zero-order valence-corrected chi connectivity index (χ0v) is 9.76. The molecule has 0 aliphatic heterocycles. The highest BCUT2D eigenvalue weighted by Gasteiger charge is 2.64. The molecule has 0 spiro atoms. The fourth-order valence-corrected chi connectivity index (χ4v) is 4.69. The predicted molar refractivity (Wildman–Crippen MR) is 53.1 cm³/mol. The quantitative estimate of drug-likeness (QED) is 0.662. The Hall–Kier alpha value is -0.420. The van der Waals surface area contributed by atoms with Crippen LogP contribution in [0.2, 0.25) is 0 Å². The number of hydrogen-bond acceptors (Lipinski definition) is 4. The summed E-state index contributed by atoms with van der Waals surface area (Å²) in [5.74, 6) is -0.280. The largest absolute Gasteiger partial charge is 0.748 e. The van der Waals surface area contributed by atoms with Crippen LogP contribution in [0.5, 0.6) is 0 Å². The van der Waals surface area contributed by atoms with E-state index in [2.05, 4.69) is 0 Å². The lowest BCUT2D eigenvalue weighted by molar-refractivity contribution is -0.128. The Morgan fingerprint density at radius 2 is 2.07 bits per heavy atom. The van der Waals surface area contributed by atoms with E-state index in [4.69, 9.17) is 0 Å². The van der Waals surface area contributed by atoms with Gasteiger partial charge in [0.25, 0.3) is 0 Å². The van der Waals surface area contributed by atoms with Crippen LogP contribution in [0.1, 0.15) is 33.1 Å². The van der Waals surface area contributed by atoms with Crippen molar-refractivity contribution in [1.82, 2.24) is 0 Å². The Balaban J connectivity index is 2.45. The number of hydrogen-bond donors (Lipinski definition) is 0. The lowest BCUT2D eigenvalue weighted by Crippen LogP contribution is -2.42. The molecule has 0 aromatic carbocycles. The van der Waals surface area contributed by atoms with Crippen LogP contribution >= 0.6 is 0 Å². The van der Waals surface area contributed by atoms with Crippen LogP contribution in [0.3, 0.4) is 0 Å². The maximum absolute atomic E-state index is 11.8. The number of Topliss-reactive ketones (excluding diaryl/α,β-unsaturated/α-hetero) is 1. The van der Waals surface area contributed by atoms with Gasteiger partial charge in [0, 0.05) is 11.8 Å². The summed E-state index contributed by atoms with van der Waals surface area (Å²) in [6.07, 6.45) is 1.88. The molecule has 5 heteroatoms. The van der Waals surface area contributed by atoms with E-state index in [9.17, 15) is 17.8 Å². The summed E-state index contributed by atoms with van der Waals surface area (Å²) in [7, 11) is -4.33. The molecule has 86 valence electrons. The molecule has 0 N–H and O–H groups in total. The summed E-state index contributed by atoms with van der Waals surface area (Å²) in [6.45, 7) is 3.83. The molecule has 2 rings (SSSR count). The van der Waals surface area contributed by atoms with Crippen LogP contribution in [0.15, 0.2) is 0 Å². The van der Waals surface area contributed by atoms with E-state index in [0.717, 1.165) is 6.42 Å². The fourth-order valence-electron chi connectivity index (χ4n) is 3.41. The lowest BCUT2D eigenvalue weighted by atomic mass is 9.70. The van der Waals surface area contributed by atoms with Crippen molar-refractivity contribution in [2.75, 3.05) is 5.75 Å². The average molecular weight is 231 g/mol. The van der Waals surface area contributed by atoms with Crippen LogP contribution < -0.4 is 0 Å². The molecule has 0 heterocycles. The van der Waals surface area contributed by atoms with Crippen molar-refractivity contribution in [2.45, 2.75) is 33.1 Å². The van der Waals surface area contributed by atoms with Crippen molar-refractivity contribution in [3.63, 3.8) is 0 Å². The van der Waals surface area contributed by atoms with E-state index >= 15 is 0 Å². The van der Waals surface area contributed by atoms with Crippen molar-refractivity contribution in [3.05, 3.63) is 0 Å². The SMILES string of the molecule is CC1(C)[C@H]2CCC1(CS(=O)(=O)[O-])C(=O)C2. The third kappa shape index (κ3) is 1.36. The predicted octanol–water partition coefficient (Wildman–Crippen LogP) is 0.927. The molecule has 0 radical (unpaired) electrons. The van der Waals surface area contributed by atoms with Gasteiger partial charge in [-0.05, 0) is 24.2 Å². The van der Waals surface area contributed by atoms with Gasteiger partial charge in [0.1, 0.15) is 5.78 Å². The normalized spacial score (nSPS) is 38.6. The fraction of sp³-hybridized carbons (Fsp3) is 0.900. The first-order chi connectivity index (χ1) is 6.69. The second-order valence-electron chi connectivity index (χ2n) is 5.37. The smallest absolute Gasteiger partial charge is 0.140 e. The summed E-state index contributed by atoms with van der Waals surface area (Å²) >= 11 is 0. The van der Waals surface area contributed by atoms with Gasteiger partial charge >= 0.3 is 0 Å². The molecule has 2 saturated carbocycles. The van der Waals surface area contributed by atoms with Crippen molar-refractivity contribution in [3.8, 4) is 0 Å². The van der Waals surface area contributed by atoms with Gasteiger partial charge in [-0.3, -0.25) is 4.79 Å². The van der Waals surface area contributed by atoms with E-state index in [1.807, 2.05) is 13.8 Å². The summed E-state index contributed by atoms with van der Waals surface area (Å²) < 4.78 is 32.7. The lowest BCUT2D eigenvalue weighted by Gasteiger charge is -2.37. The van der Waals surface area contributed by atoms with Gasteiger partial charge in [-0.1, -0.05) is 13.8 Å². The minimum absolute atomic E-state index is 0.0248. The zero-order chi connectivity index (χ0) is 11.5. The average Bonchev–Trinajstić information content (AvgIpc) is 2.34. The summed E-state index contributed by atoms with van der Waals surface area (Å²) in [6, 6.07) is 0. The van der Waals surface area contributed by atoms with Crippen LogP contribution in [0, 0.1) is 16.7 Å². The Morgan fingerprint density at radius 1 is 1.47 bits per heavy atom. The van der Waals surface area contributed by atoms with Gasteiger partial charge in [-0.2, -0.15) is 0 Å². The number of carbonyl (C=O) groups excluding carboxylic acids is 1. The van der Waals surface area contributed by atoms with Gasteiger partial charge in [0.15, 0.2) is 0 Å². The highest BCUT2D eigenvalue weighted by Crippen LogP contribution is 2.64. The molecule has 2 fully saturated rings. The van der Waals surface area contributed by atoms with E-state index in [1.54, 1.807) is 0 Å². The van der Waals surface area contributed by atoms with Crippen LogP contribution in [-0.2, 0) is 14.9 Å².